The lowest BCUT2D eigenvalue weighted by molar-refractivity contribution is -0.0373. The van der Waals surface area contributed by atoms with Crippen LogP contribution >= 0.6 is 0 Å². The monoisotopic (exact) mass is 228 g/mol. The van der Waals surface area contributed by atoms with Crippen molar-refractivity contribution in [1.29, 1.82) is 0 Å². The predicted molar refractivity (Wildman–Crippen MR) is 54.5 cm³/mol. The van der Waals surface area contributed by atoms with Gasteiger partial charge >= 0.3 is 0 Å². The number of pyridine rings is 1. The van der Waals surface area contributed by atoms with E-state index >= 15 is 0 Å². The lowest BCUT2D eigenvalue weighted by atomic mass is 10.3. The number of aromatic nitrogens is 1. The van der Waals surface area contributed by atoms with Gasteiger partial charge in [-0.25, -0.2) is 13.8 Å². The minimum atomic E-state index is -3.16. The minimum absolute atomic E-state index is 0.319. The van der Waals surface area contributed by atoms with Gasteiger partial charge in [-0.2, -0.15) is 0 Å². The first kappa shape index (κ1) is 10.8. The highest BCUT2D eigenvalue weighted by atomic mass is 19.3. The number of nitrogens with one attached hydrogen (secondary N) is 1. The molecule has 6 heteroatoms. The Labute approximate surface area is 89.9 Å². The van der Waals surface area contributed by atoms with Gasteiger partial charge in [-0.1, -0.05) is 0 Å². The zero-order valence-electron chi connectivity index (χ0n) is 8.28. The molecule has 0 radical (unpaired) electrons. The molecule has 0 aliphatic rings. The Bertz CT molecular complexity index is 484. The van der Waals surface area contributed by atoms with Crippen molar-refractivity contribution in [2.75, 3.05) is 18.5 Å². The molecule has 0 saturated carbocycles. The van der Waals surface area contributed by atoms with Crippen LogP contribution < -0.4 is 5.32 Å². The molecule has 0 aliphatic carbocycles. The first-order chi connectivity index (χ1) is 7.62. The Morgan fingerprint density at radius 1 is 1.44 bits per heavy atom. The normalized spacial score (nSPS) is 11.9. The summed E-state index contributed by atoms with van der Waals surface area (Å²) in [6, 6.07) is 3.28. The van der Waals surface area contributed by atoms with Crippen LogP contribution in [-0.4, -0.2) is 29.2 Å². The van der Waals surface area contributed by atoms with E-state index in [1.54, 1.807) is 12.1 Å². The van der Waals surface area contributed by atoms with E-state index in [4.69, 9.17) is 9.52 Å². The Balaban J connectivity index is 2.18. The van der Waals surface area contributed by atoms with Crippen LogP contribution in [-0.2, 0) is 0 Å². The third kappa shape index (κ3) is 2.11. The molecule has 2 aromatic heterocycles. The predicted octanol–water partition coefficient (Wildman–Crippen LogP) is 1.87. The fourth-order valence-electron chi connectivity index (χ4n) is 1.30. The molecule has 86 valence electrons. The van der Waals surface area contributed by atoms with Gasteiger partial charge in [0, 0.05) is 6.20 Å². The summed E-state index contributed by atoms with van der Waals surface area (Å²) in [6.45, 7) is -1.86. The van der Waals surface area contributed by atoms with Crippen LogP contribution in [0.5, 0.6) is 0 Å². The molecule has 0 aliphatic heterocycles. The molecular weight excluding hydrogens is 218 g/mol. The Hall–Kier alpha value is -1.69. The number of rotatable bonds is 4. The Kier molecular flexibility index (Phi) is 2.74. The van der Waals surface area contributed by atoms with Crippen molar-refractivity contribution in [3.63, 3.8) is 0 Å². The summed E-state index contributed by atoms with van der Waals surface area (Å²) < 4.78 is 30.7. The molecule has 0 fully saturated rings. The number of halogens is 2. The highest BCUT2D eigenvalue weighted by Gasteiger charge is 2.27. The molecular formula is C10H10F2N2O2. The van der Waals surface area contributed by atoms with Gasteiger partial charge in [-0.05, 0) is 12.1 Å². The number of fused-ring (bicyclic) bond motifs is 1. The molecule has 2 rings (SSSR count). The molecule has 2 aromatic rings. The maximum Gasteiger partial charge on any atom is 0.287 e. The molecule has 0 saturated heterocycles. The van der Waals surface area contributed by atoms with E-state index in [-0.39, 0.29) is 0 Å². The third-order valence-electron chi connectivity index (χ3n) is 2.13. The maximum atomic E-state index is 12.8. The van der Waals surface area contributed by atoms with Gasteiger partial charge in [0.15, 0.2) is 0 Å². The van der Waals surface area contributed by atoms with Crippen molar-refractivity contribution in [2.24, 2.45) is 0 Å². The van der Waals surface area contributed by atoms with Gasteiger partial charge < -0.3 is 14.8 Å². The summed E-state index contributed by atoms with van der Waals surface area (Å²) in [5.41, 5.74) is 0.574. The van der Waals surface area contributed by atoms with Crippen molar-refractivity contribution in [1.82, 2.24) is 4.98 Å². The van der Waals surface area contributed by atoms with Crippen LogP contribution in [0.1, 0.15) is 0 Å². The van der Waals surface area contributed by atoms with E-state index in [9.17, 15) is 8.78 Å². The number of anilines is 1. The molecule has 0 bridgehead atoms. The van der Waals surface area contributed by atoms with Crippen LogP contribution in [0.2, 0.25) is 0 Å². The zero-order chi connectivity index (χ0) is 11.6. The fourth-order valence-corrected chi connectivity index (χ4v) is 1.30. The maximum absolute atomic E-state index is 12.8. The highest BCUT2D eigenvalue weighted by Crippen LogP contribution is 2.22. The number of nitrogens with zero attached hydrogens (tertiary/aromatic N) is 1. The summed E-state index contributed by atoms with van der Waals surface area (Å²) in [7, 11) is 0. The molecule has 0 unspecified atom stereocenters. The third-order valence-corrected chi connectivity index (χ3v) is 2.13. The second-order valence-corrected chi connectivity index (χ2v) is 3.36. The number of aliphatic hydroxyl groups is 1. The van der Waals surface area contributed by atoms with Crippen LogP contribution in [0, 0.1) is 0 Å². The van der Waals surface area contributed by atoms with E-state index in [2.05, 4.69) is 10.3 Å². The van der Waals surface area contributed by atoms with Crippen molar-refractivity contribution in [2.45, 2.75) is 5.92 Å². The molecule has 2 N–H and O–H groups in total. The Morgan fingerprint density at radius 3 is 3.00 bits per heavy atom. The van der Waals surface area contributed by atoms with Crippen molar-refractivity contribution in [3.05, 3.63) is 24.6 Å². The summed E-state index contributed by atoms with van der Waals surface area (Å²) >= 11 is 0. The second kappa shape index (κ2) is 4.05. The number of hydrogen-bond acceptors (Lipinski definition) is 4. The molecule has 0 atom stereocenters. The second-order valence-electron chi connectivity index (χ2n) is 3.36. The van der Waals surface area contributed by atoms with Crippen LogP contribution in [0.4, 0.5) is 14.6 Å². The van der Waals surface area contributed by atoms with Crippen LogP contribution in [0.25, 0.3) is 11.0 Å². The smallest absolute Gasteiger partial charge is 0.287 e. The molecule has 0 amide bonds. The lowest BCUT2D eigenvalue weighted by Gasteiger charge is -2.14. The largest absolute Gasteiger partial charge is 0.464 e. The molecule has 0 spiro atoms. The molecule has 16 heavy (non-hydrogen) atoms. The first-order valence-electron chi connectivity index (χ1n) is 4.67. The van der Waals surface area contributed by atoms with Gasteiger partial charge in [0.25, 0.3) is 5.92 Å². The minimum Gasteiger partial charge on any atom is -0.464 e. The summed E-state index contributed by atoms with van der Waals surface area (Å²) in [4.78, 5) is 3.93. The number of aliphatic hydroxyl groups excluding tert-OH is 1. The molecule has 2 heterocycles. The van der Waals surface area contributed by atoms with Gasteiger partial charge in [0.1, 0.15) is 18.0 Å². The van der Waals surface area contributed by atoms with Crippen molar-refractivity contribution >= 4 is 16.8 Å². The van der Waals surface area contributed by atoms with Gasteiger partial charge in [-0.15, -0.1) is 0 Å². The van der Waals surface area contributed by atoms with E-state index in [0.717, 1.165) is 0 Å². The van der Waals surface area contributed by atoms with E-state index in [1.165, 1.54) is 12.5 Å². The van der Waals surface area contributed by atoms with E-state index in [1.807, 2.05) is 0 Å². The lowest BCUT2D eigenvalue weighted by Crippen LogP contribution is -2.31. The van der Waals surface area contributed by atoms with Gasteiger partial charge in [0.05, 0.1) is 18.2 Å². The average Bonchev–Trinajstić information content (AvgIpc) is 2.75. The molecule has 4 nitrogen and oxygen atoms in total. The topological polar surface area (TPSA) is 58.3 Å². The summed E-state index contributed by atoms with van der Waals surface area (Å²) in [5.74, 6) is -2.84. The standard InChI is InChI=1S/C10H10F2N2O2/c11-10(12,6-15)5-14-9-7-2-4-16-8(7)1-3-13-9/h1-4,15H,5-6H2,(H,13,14). The average molecular weight is 228 g/mol. The van der Waals surface area contributed by atoms with Gasteiger partial charge in [-0.3, -0.25) is 0 Å². The number of hydrogen-bond donors (Lipinski definition) is 2. The van der Waals surface area contributed by atoms with E-state index < -0.39 is 19.1 Å². The molecule has 0 aromatic carbocycles. The number of alkyl halides is 2. The van der Waals surface area contributed by atoms with E-state index in [0.29, 0.717) is 16.8 Å². The fraction of sp³-hybridized carbons (Fsp3) is 0.300. The number of furan rings is 1. The van der Waals surface area contributed by atoms with Crippen molar-refractivity contribution in [3.8, 4) is 0 Å². The quantitative estimate of drug-likeness (QED) is 0.838. The zero-order valence-corrected chi connectivity index (χ0v) is 8.28. The SMILES string of the molecule is OCC(F)(F)CNc1nccc2occc12. The summed E-state index contributed by atoms with van der Waals surface area (Å²) in [6.07, 6.45) is 2.92. The van der Waals surface area contributed by atoms with Gasteiger partial charge in [0.2, 0.25) is 0 Å². The van der Waals surface area contributed by atoms with Crippen LogP contribution in [0.15, 0.2) is 29.0 Å². The Morgan fingerprint density at radius 2 is 2.25 bits per heavy atom. The van der Waals surface area contributed by atoms with Crippen LogP contribution in [0.3, 0.4) is 0 Å². The first-order valence-corrected chi connectivity index (χ1v) is 4.67. The highest BCUT2D eigenvalue weighted by molar-refractivity contribution is 5.87. The van der Waals surface area contributed by atoms with Crippen molar-refractivity contribution < 1.29 is 18.3 Å². The summed E-state index contributed by atoms with van der Waals surface area (Å²) in [5, 5.41) is 11.5.